The number of hydrogen-bond acceptors (Lipinski definition) is 6. The second kappa shape index (κ2) is 22.8. The second-order valence-corrected chi connectivity index (χ2v) is 24.7. The fourth-order valence-electron chi connectivity index (χ4n) is 13.8. The van der Waals surface area contributed by atoms with Gasteiger partial charge in [0.25, 0.3) is 0 Å². The molecular weight excluding hydrogens is 1010 g/mol. The largest absolute Gasteiger partial charge is 0.454 e. The average molecular weight is 1100 g/mol. The summed E-state index contributed by atoms with van der Waals surface area (Å²) < 4.78 is 38.1. The van der Waals surface area contributed by atoms with Crippen molar-refractivity contribution in [3.05, 3.63) is 217 Å². The molecule has 3 aliphatic carbocycles. The van der Waals surface area contributed by atoms with Gasteiger partial charge in [0.1, 0.15) is 16.7 Å². The van der Waals surface area contributed by atoms with Gasteiger partial charge in [-0.1, -0.05) is 198 Å². The molecule has 3 heterocycles. The van der Waals surface area contributed by atoms with E-state index in [4.69, 9.17) is 14.6 Å². The summed E-state index contributed by atoms with van der Waals surface area (Å²) in [5.41, 5.74) is 16.3. The number of fused-ring (bicyclic) bond motifs is 9. The smallest absolute Gasteiger partial charge is 0.159 e. The SMILES string of the molecule is CN(c1ccccc1)c1cccc2c1oc1c(C3(C)CCCC3)cccc12.[2H]C1(c2cccc3c2oc2c(N(C)c4ccccc4)cccc23)CCC(C)(C)CC1.[2H]C1(c2cccc3c2oc2c(N(C)c4ccccc4)cccc23)CCCCC1. The number of furan rings is 3. The molecule has 3 fully saturated rings. The predicted molar refractivity (Wildman–Crippen MR) is 351 cm³/mol. The Balaban J connectivity index is 0.000000119. The maximum Gasteiger partial charge on any atom is 0.159 e. The van der Waals surface area contributed by atoms with Crippen LogP contribution in [0.3, 0.4) is 0 Å². The molecule has 0 aliphatic heterocycles. The highest BCUT2D eigenvalue weighted by atomic mass is 16.3. The van der Waals surface area contributed by atoms with E-state index in [2.05, 4.69) is 239 Å². The molecule has 6 heteroatoms. The molecular formula is C77H79N3O3. The highest BCUT2D eigenvalue weighted by Crippen LogP contribution is 2.49. The first kappa shape index (κ1) is 51.6. The third kappa shape index (κ3) is 10.4. The van der Waals surface area contributed by atoms with Crippen molar-refractivity contribution in [2.75, 3.05) is 35.8 Å². The summed E-state index contributed by atoms with van der Waals surface area (Å²) >= 11 is 0. The molecule has 3 saturated carbocycles. The van der Waals surface area contributed by atoms with Gasteiger partial charge in [0.15, 0.2) is 16.7 Å². The van der Waals surface area contributed by atoms with Gasteiger partial charge < -0.3 is 28.0 Å². The Kier molecular flexibility index (Phi) is 14.2. The van der Waals surface area contributed by atoms with Crippen LogP contribution in [0.2, 0.25) is 0 Å². The topological polar surface area (TPSA) is 49.1 Å². The molecule has 3 aromatic heterocycles. The molecule has 83 heavy (non-hydrogen) atoms. The second-order valence-electron chi connectivity index (χ2n) is 24.7. The van der Waals surface area contributed by atoms with Gasteiger partial charge in [-0.3, -0.25) is 0 Å². The van der Waals surface area contributed by atoms with Gasteiger partial charge in [0.2, 0.25) is 0 Å². The number of anilines is 6. The van der Waals surface area contributed by atoms with E-state index >= 15 is 0 Å². The molecule has 0 amide bonds. The molecule has 0 spiro atoms. The number of nitrogens with zero attached hydrogens (tertiary/aromatic N) is 3. The maximum atomic E-state index is 9.30. The molecule has 9 aromatic carbocycles. The van der Waals surface area contributed by atoms with Crippen molar-refractivity contribution < 1.29 is 16.0 Å². The van der Waals surface area contributed by atoms with Crippen LogP contribution in [0.1, 0.15) is 135 Å². The summed E-state index contributed by atoms with van der Waals surface area (Å²) in [6, 6.07) is 69.6. The highest BCUT2D eigenvalue weighted by Gasteiger charge is 2.34. The fraction of sp³-hybridized carbons (Fsp3) is 0.299. The van der Waals surface area contributed by atoms with E-state index in [1.165, 1.54) is 48.4 Å². The third-order valence-corrected chi connectivity index (χ3v) is 18.8. The summed E-state index contributed by atoms with van der Waals surface area (Å²) in [6.07, 6.45) is 14.4. The van der Waals surface area contributed by atoms with E-state index in [1.807, 2.05) is 18.2 Å². The summed E-state index contributed by atoms with van der Waals surface area (Å²) in [7, 11) is 6.26. The minimum atomic E-state index is -0.575. The van der Waals surface area contributed by atoms with Crippen molar-refractivity contribution in [3.8, 4) is 0 Å². The van der Waals surface area contributed by atoms with Gasteiger partial charge in [-0.2, -0.15) is 0 Å². The highest BCUT2D eigenvalue weighted by molar-refractivity contribution is 6.12. The lowest BCUT2D eigenvalue weighted by atomic mass is 9.71. The summed E-state index contributed by atoms with van der Waals surface area (Å²) in [5, 5.41) is 6.91. The van der Waals surface area contributed by atoms with Gasteiger partial charge >= 0.3 is 0 Å². The number of benzene rings is 9. The van der Waals surface area contributed by atoms with Crippen molar-refractivity contribution in [1.29, 1.82) is 0 Å². The summed E-state index contributed by atoms with van der Waals surface area (Å²) in [6.45, 7) is 7.04. The Labute approximate surface area is 493 Å². The van der Waals surface area contributed by atoms with Gasteiger partial charge in [0.05, 0.1) is 17.1 Å². The third-order valence-electron chi connectivity index (χ3n) is 18.8. The Hall–Kier alpha value is -8.22. The molecule has 3 aliphatic rings. The molecule has 0 saturated heterocycles. The van der Waals surface area contributed by atoms with Crippen LogP contribution in [0.4, 0.5) is 34.1 Å². The first-order chi connectivity index (χ1) is 41.2. The van der Waals surface area contributed by atoms with Crippen LogP contribution in [0.25, 0.3) is 65.8 Å². The normalized spacial score (nSPS) is 17.4. The zero-order chi connectivity index (χ0) is 58.5. The molecule has 12 aromatic rings. The molecule has 0 radical (unpaired) electrons. The lowest BCUT2D eigenvalue weighted by molar-refractivity contribution is 0.224. The van der Waals surface area contributed by atoms with Gasteiger partial charge in [0, 0.05) is 78.8 Å². The van der Waals surface area contributed by atoms with E-state index in [-0.39, 0.29) is 5.41 Å². The van der Waals surface area contributed by atoms with E-state index in [1.54, 1.807) is 0 Å². The zero-order valence-corrected chi connectivity index (χ0v) is 49.3. The quantitative estimate of drug-likeness (QED) is 0.144. The first-order valence-electron chi connectivity index (χ1n) is 31.4. The van der Waals surface area contributed by atoms with Crippen molar-refractivity contribution in [3.63, 3.8) is 0 Å². The van der Waals surface area contributed by atoms with Crippen molar-refractivity contribution in [2.24, 2.45) is 5.41 Å². The monoisotopic (exact) mass is 1100 g/mol. The van der Waals surface area contributed by atoms with Gasteiger partial charge in [-0.15, -0.1) is 0 Å². The van der Waals surface area contributed by atoms with Crippen molar-refractivity contribution >= 4 is 99.9 Å². The Morgan fingerprint density at radius 3 is 1.08 bits per heavy atom. The van der Waals surface area contributed by atoms with E-state index < -0.39 is 11.8 Å². The number of rotatable bonds is 9. The average Bonchev–Trinajstić information content (AvgIpc) is 2.75. The maximum absolute atomic E-state index is 9.30. The molecule has 0 N–H and O–H groups in total. The Bertz CT molecular complexity index is 4310. The number of para-hydroxylation sites is 9. The van der Waals surface area contributed by atoms with Crippen LogP contribution in [-0.2, 0) is 5.41 Å². The molecule has 0 bridgehead atoms. The molecule has 15 rings (SSSR count). The van der Waals surface area contributed by atoms with Crippen LogP contribution in [0.15, 0.2) is 213 Å². The Morgan fingerprint density at radius 2 is 0.675 bits per heavy atom. The summed E-state index contributed by atoms with van der Waals surface area (Å²) in [5.74, 6) is -1.11. The number of hydrogen-bond donors (Lipinski definition) is 0. The van der Waals surface area contributed by atoms with Crippen LogP contribution < -0.4 is 14.7 Å². The van der Waals surface area contributed by atoms with Crippen LogP contribution in [0.5, 0.6) is 0 Å². The van der Waals surface area contributed by atoms with Crippen LogP contribution in [0, 0.1) is 5.41 Å². The fourth-order valence-corrected chi connectivity index (χ4v) is 13.8. The van der Waals surface area contributed by atoms with Crippen LogP contribution in [-0.4, -0.2) is 21.1 Å². The minimum Gasteiger partial charge on any atom is -0.454 e. The standard InChI is InChI=1S/C27H29NO.2C25H25NO/c1-27(2)17-15-19(16-18-27)21-11-7-12-22-23-13-8-14-24(26(23)29-25(21)22)28(3)20-9-5-4-6-10-20;1-25(16-6-7-17-25)21-14-8-12-19-20-13-9-15-22(24(20)27-23(19)21)26(2)18-10-4-3-5-11-18;1-26(19-12-6-3-7-13-19)23-17-9-16-22-21-15-8-14-20(24(21)27-25(22)23)18-10-4-2-5-11-18/h4-14,19H,15-18H2,1-3H3;3-5,8-15H,6-7,16-17H2,1-2H3;3,6-9,12-18H,2,4-5,10-11H2,1H3/i19D;;18D. The van der Waals surface area contributed by atoms with Crippen LogP contribution >= 0.6 is 0 Å². The lowest BCUT2D eigenvalue weighted by Crippen LogP contribution is -2.20. The Morgan fingerprint density at radius 1 is 0.337 bits per heavy atom. The minimum absolute atomic E-state index is 0.235. The van der Waals surface area contributed by atoms with Crippen molar-refractivity contribution in [1.82, 2.24) is 0 Å². The molecule has 0 unspecified atom stereocenters. The van der Waals surface area contributed by atoms with Gasteiger partial charge in [-0.05, 0) is 140 Å². The van der Waals surface area contributed by atoms with Gasteiger partial charge in [-0.25, -0.2) is 0 Å². The summed E-state index contributed by atoms with van der Waals surface area (Å²) in [4.78, 5) is 6.55. The first-order valence-corrected chi connectivity index (χ1v) is 30.4. The molecule has 420 valence electrons. The predicted octanol–water partition coefficient (Wildman–Crippen LogP) is 22.6. The van der Waals surface area contributed by atoms with Crippen molar-refractivity contribution in [2.45, 2.75) is 121 Å². The molecule has 0 atom stereocenters. The van der Waals surface area contributed by atoms with E-state index in [0.717, 1.165) is 152 Å². The zero-order valence-electron chi connectivity index (χ0n) is 51.3. The van der Waals surface area contributed by atoms with E-state index in [0.29, 0.717) is 5.41 Å². The molecule has 6 nitrogen and oxygen atoms in total. The lowest BCUT2D eigenvalue weighted by Gasteiger charge is -2.34. The van der Waals surface area contributed by atoms with E-state index in [9.17, 15) is 1.37 Å².